The topological polar surface area (TPSA) is 49.4 Å². The number of rotatable bonds is 8. The molecule has 2 aromatic carbocycles. The fraction of sp³-hybridized carbons (Fsp3) is 0.400. The maximum Gasteiger partial charge on any atom is 0.243 e. The van der Waals surface area contributed by atoms with Crippen LogP contribution in [0, 0.1) is 0 Å². The van der Waals surface area contributed by atoms with E-state index in [1.165, 1.54) is 4.31 Å². The van der Waals surface area contributed by atoms with E-state index in [1.54, 1.807) is 7.05 Å². The number of sulfonamides is 1. The van der Waals surface area contributed by atoms with Gasteiger partial charge in [0.1, 0.15) is 0 Å². The molecule has 0 saturated carbocycles. The molecule has 0 saturated heterocycles. The summed E-state index contributed by atoms with van der Waals surface area (Å²) in [5, 5.41) is 3.34. The summed E-state index contributed by atoms with van der Waals surface area (Å²) in [6.45, 7) is 7.16. The largest absolute Gasteiger partial charge is 0.310 e. The first kappa shape index (κ1) is 19.6. The van der Waals surface area contributed by atoms with Crippen molar-refractivity contribution in [3.05, 3.63) is 65.2 Å². The molecular formula is C20H28N2O2S. The lowest BCUT2D eigenvalue weighted by molar-refractivity contribution is 0.466. The van der Waals surface area contributed by atoms with E-state index in [4.69, 9.17) is 0 Å². The number of nitrogens with zero attached hydrogens (tertiary/aromatic N) is 1. The highest BCUT2D eigenvalue weighted by atomic mass is 32.2. The summed E-state index contributed by atoms with van der Waals surface area (Å²) in [6, 6.07) is 15.8. The molecule has 0 radical (unpaired) electrons. The molecule has 2 rings (SSSR count). The van der Waals surface area contributed by atoms with E-state index in [9.17, 15) is 8.42 Å². The summed E-state index contributed by atoms with van der Waals surface area (Å²) < 4.78 is 27.7. The lowest BCUT2D eigenvalue weighted by Crippen LogP contribution is -2.28. The van der Waals surface area contributed by atoms with Gasteiger partial charge < -0.3 is 5.32 Å². The molecule has 0 aliphatic heterocycles. The van der Waals surface area contributed by atoms with Crippen LogP contribution in [0.1, 0.15) is 37.5 Å². The van der Waals surface area contributed by atoms with Gasteiger partial charge in [-0.15, -0.1) is 0 Å². The van der Waals surface area contributed by atoms with Crippen molar-refractivity contribution in [3.8, 4) is 0 Å². The molecule has 2 aromatic rings. The molecule has 4 nitrogen and oxygen atoms in total. The SMILES string of the molecule is CCc1ccc(CNC(C)C)cc1S(=O)(=O)N(C)Cc1ccccc1. The quantitative estimate of drug-likeness (QED) is 0.783. The molecule has 0 aliphatic rings. The van der Waals surface area contributed by atoms with Crippen LogP contribution in [-0.2, 0) is 29.5 Å². The Labute approximate surface area is 151 Å². The van der Waals surface area contributed by atoms with E-state index in [2.05, 4.69) is 19.2 Å². The van der Waals surface area contributed by atoms with Gasteiger partial charge in [-0.05, 0) is 29.2 Å². The van der Waals surface area contributed by atoms with Gasteiger partial charge in [0.2, 0.25) is 10.0 Å². The molecule has 1 N–H and O–H groups in total. The number of hydrogen-bond acceptors (Lipinski definition) is 3. The first-order valence-electron chi connectivity index (χ1n) is 8.70. The second-order valence-electron chi connectivity index (χ2n) is 6.58. The summed E-state index contributed by atoms with van der Waals surface area (Å²) in [4.78, 5) is 0.413. The van der Waals surface area contributed by atoms with Crippen molar-refractivity contribution in [2.75, 3.05) is 7.05 Å². The Balaban J connectivity index is 2.31. The van der Waals surface area contributed by atoms with Gasteiger partial charge in [0.15, 0.2) is 0 Å². The zero-order valence-electron chi connectivity index (χ0n) is 15.5. The molecule has 0 fully saturated rings. The van der Waals surface area contributed by atoms with Gasteiger partial charge in [-0.3, -0.25) is 0 Å². The van der Waals surface area contributed by atoms with Crippen LogP contribution in [0.3, 0.4) is 0 Å². The Morgan fingerprint density at radius 1 is 1.04 bits per heavy atom. The van der Waals surface area contributed by atoms with E-state index in [-0.39, 0.29) is 0 Å². The fourth-order valence-corrected chi connectivity index (χ4v) is 4.16. The second-order valence-corrected chi connectivity index (χ2v) is 8.59. The molecule has 0 aromatic heterocycles. The van der Waals surface area contributed by atoms with Gasteiger partial charge in [0.05, 0.1) is 4.90 Å². The first-order chi connectivity index (χ1) is 11.8. The molecule has 0 amide bonds. The van der Waals surface area contributed by atoms with Crippen molar-refractivity contribution >= 4 is 10.0 Å². The van der Waals surface area contributed by atoms with Gasteiger partial charge in [-0.2, -0.15) is 4.31 Å². The average Bonchev–Trinajstić information content (AvgIpc) is 2.60. The van der Waals surface area contributed by atoms with Crippen LogP contribution in [0.15, 0.2) is 53.4 Å². The smallest absolute Gasteiger partial charge is 0.243 e. The highest BCUT2D eigenvalue weighted by Gasteiger charge is 2.24. The molecular weight excluding hydrogens is 332 g/mol. The maximum absolute atomic E-state index is 13.1. The molecule has 25 heavy (non-hydrogen) atoms. The second kappa shape index (κ2) is 8.61. The Hall–Kier alpha value is -1.69. The highest BCUT2D eigenvalue weighted by molar-refractivity contribution is 7.89. The molecule has 0 atom stereocenters. The maximum atomic E-state index is 13.1. The molecule has 0 aliphatic carbocycles. The Morgan fingerprint density at radius 3 is 2.32 bits per heavy atom. The van der Waals surface area contributed by atoms with Crippen LogP contribution in [-0.4, -0.2) is 25.8 Å². The minimum absolute atomic E-state index is 0.353. The molecule has 0 heterocycles. The number of aryl methyl sites for hydroxylation is 1. The normalized spacial score (nSPS) is 12.1. The van der Waals surface area contributed by atoms with Crippen molar-refractivity contribution in [2.45, 2.75) is 51.2 Å². The number of nitrogens with one attached hydrogen (secondary N) is 1. The van der Waals surface area contributed by atoms with Crippen molar-refractivity contribution in [1.29, 1.82) is 0 Å². The fourth-order valence-electron chi connectivity index (χ4n) is 2.66. The predicted octanol–water partition coefficient (Wildman–Crippen LogP) is 3.57. The van der Waals surface area contributed by atoms with Crippen LogP contribution in [0.5, 0.6) is 0 Å². The van der Waals surface area contributed by atoms with Crippen molar-refractivity contribution in [3.63, 3.8) is 0 Å². The van der Waals surface area contributed by atoms with Crippen LogP contribution in [0.25, 0.3) is 0 Å². The van der Waals surface area contributed by atoms with Gasteiger partial charge in [-0.1, -0.05) is 63.2 Å². The van der Waals surface area contributed by atoms with E-state index in [0.29, 0.717) is 30.4 Å². The average molecular weight is 361 g/mol. The van der Waals surface area contributed by atoms with Crippen molar-refractivity contribution in [2.24, 2.45) is 0 Å². The molecule has 5 heteroatoms. The predicted molar refractivity (Wildman–Crippen MR) is 103 cm³/mol. The lowest BCUT2D eigenvalue weighted by Gasteiger charge is -2.20. The third-order valence-corrected chi connectivity index (χ3v) is 6.05. The van der Waals surface area contributed by atoms with E-state index in [1.807, 2.05) is 55.5 Å². The van der Waals surface area contributed by atoms with Crippen LogP contribution >= 0.6 is 0 Å². The van der Waals surface area contributed by atoms with Gasteiger partial charge in [0.25, 0.3) is 0 Å². The van der Waals surface area contributed by atoms with E-state index >= 15 is 0 Å². The zero-order valence-corrected chi connectivity index (χ0v) is 16.3. The minimum atomic E-state index is -3.54. The van der Waals surface area contributed by atoms with E-state index < -0.39 is 10.0 Å². The van der Waals surface area contributed by atoms with Crippen LogP contribution in [0.4, 0.5) is 0 Å². The summed E-state index contributed by atoms with van der Waals surface area (Å²) in [5.41, 5.74) is 2.81. The minimum Gasteiger partial charge on any atom is -0.310 e. The number of benzene rings is 2. The molecule has 0 unspecified atom stereocenters. The van der Waals surface area contributed by atoms with Gasteiger partial charge >= 0.3 is 0 Å². The number of hydrogen-bond donors (Lipinski definition) is 1. The third-order valence-electron chi connectivity index (χ3n) is 4.16. The highest BCUT2D eigenvalue weighted by Crippen LogP contribution is 2.23. The molecule has 136 valence electrons. The van der Waals surface area contributed by atoms with E-state index in [0.717, 1.165) is 16.7 Å². The Kier molecular flexibility index (Phi) is 6.76. The van der Waals surface area contributed by atoms with Crippen molar-refractivity contribution < 1.29 is 8.42 Å². The van der Waals surface area contributed by atoms with Gasteiger partial charge in [0, 0.05) is 26.2 Å². The molecule has 0 spiro atoms. The molecule has 0 bridgehead atoms. The van der Waals surface area contributed by atoms with Gasteiger partial charge in [-0.25, -0.2) is 8.42 Å². The monoisotopic (exact) mass is 360 g/mol. The summed E-state index contributed by atoms with van der Waals surface area (Å²) in [5.74, 6) is 0. The first-order valence-corrected chi connectivity index (χ1v) is 10.1. The standard InChI is InChI=1S/C20H28N2O2S/c1-5-19-12-11-18(14-21-16(2)3)13-20(19)25(23,24)22(4)15-17-9-7-6-8-10-17/h6-13,16,21H,5,14-15H2,1-4H3. The summed E-state index contributed by atoms with van der Waals surface area (Å²) in [7, 11) is -1.90. The summed E-state index contributed by atoms with van der Waals surface area (Å²) in [6.07, 6.45) is 0.686. The Bertz CT molecular complexity index is 787. The summed E-state index contributed by atoms with van der Waals surface area (Å²) >= 11 is 0. The zero-order chi connectivity index (χ0) is 18.4. The third kappa shape index (κ3) is 5.14. The van der Waals surface area contributed by atoms with Crippen LogP contribution < -0.4 is 5.32 Å². The van der Waals surface area contributed by atoms with Crippen LogP contribution in [0.2, 0.25) is 0 Å². The Morgan fingerprint density at radius 2 is 1.72 bits per heavy atom. The van der Waals surface area contributed by atoms with Crippen molar-refractivity contribution in [1.82, 2.24) is 9.62 Å². The lowest BCUT2D eigenvalue weighted by atomic mass is 10.1.